The number of aliphatic imine (C=N–C) groups is 1. The van der Waals surface area contributed by atoms with Crippen LogP contribution in [0.4, 0.5) is 0 Å². The monoisotopic (exact) mass is 506 g/mol. The van der Waals surface area contributed by atoms with Crippen molar-refractivity contribution in [1.82, 2.24) is 15.5 Å². The normalized spacial score (nSPS) is 16.1. The number of thioether (sulfide) groups is 1. The SMILES string of the molecule is CCNC(=NCc1ccc(C)cc1SC)NCCCN1CCC(O)CC1.I. The minimum Gasteiger partial charge on any atom is -0.393 e. The van der Waals surface area contributed by atoms with Crippen molar-refractivity contribution >= 4 is 41.7 Å². The summed E-state index contributed by atoms with van der Waals surface area (Å²) in [7, 11) is 0. The molecule has 154 valence electrons. The van der Waals surface area contributed by atoms with Crippen LogP contribution in [0, 0.1) is 6.92 Å². The Bertz CT molecular complexity index is 577. The summed E-state index contributed by atoms with van der Waals surface area (Å²) in [4.78, 5) is 8.49. The predicted octanol–water partition coefficient (Wildman–Crippen LogP) is 3.24. The van der Waals surface area contributed by atoms with Crippen LogP contribution < -0.4 is 10.6 Å². The maximum atomic E-state index is 9.57. The van der Waals surface area contributed by atoms with Crippen molar-refractivity contribution in [1.29, 1.82) is 0 Å². The summed E-state index contributed by atoms with van der Waals surface area (Å²) in [5.74, 6) is 0.884. The molecule has 0 bridgehead atoms. The number of benzene rings is 1. The number of aryl methyl sites for hydroxylation is 1. The van der Waals surface area contributed by atoms with Crippen molar-refractivity contribution in [2.45, 2.75) is 50.7 Å². The van der Waals surface area contributed by atoms with E-state index in [1.165, 1.54) is 16.0 Å². The minimum atomic E-state index is -0.0928. The van der Waals surface area contributed by atoms with E-state index >= 15 is 0 Å². The van der Waals surface area contributed by atoms with Gasteiger partial charge in [-0.15, -0.1) is 35.7 Å². The molecule has 1 aromatic rings. The zero-order valence-electron chi connectivity index (χ0n) is 16.8. The second-order valence-electron chi connectivity index (χ2n) is 6.86. The van der Waals surface area contributed by atoms with Gasteiger partial charge >= 0.3 is 0 Å². The molecule has 0 amide bonds. The predicted molar refractivity (Wildman–Crippen MR) is 127 cm³/mol. The minimum absolute atomic E-state index is 0. The number of nitrogens with one attached hydrogen (secondary N) is 2. The van der Waals surface area contributed by atoms with E-state index in [-0.39, 0.29) is 30.1 Å². The Morgan fingerprint density at radius 2 is 2.04 bits per heavy atom. The van der Waals surface area contributed by atoms with Crippen molar-refractivity contribution in [3.63, 3.8) is 0 Å². The Kier molecular flexibility index (Phi) is 12.4. The number of hydrogen-bond acceptors (Lipinski definition) is 4. The summed E-state index contributed by atoms with van der Waals surface area (Å²) in [6.45, 7) is 9.79. The molecule has 0 aromatic heterocycles. The molecule has 1 aromatic carbocycles. The fraction of sp³-hybridized carbons (Fsp3) is 0.650. The summed E-state index contributed by atoms with van der Waals surface area (Å²) in [6.07, 6.45) is 4.92. The second kappa shape index (κ2) is 13.6. The van der Waals surface area contributed by atoms with E-state index < -0.39 is 0 Å². The van der Waals surface area contributed by atoms with Crippen LogP contribution in [0.5, 0.6) is 0 Å². The van der Waals surface area contributed by atoms with Crippen LogP contribution >= 0.6 is 35.7 Å². The van der Waals surface area contributed by atoms with Gasteiger partial charge in [-0.3, -0.25) is 0 Å². The highest BCUT2D eigenvalue weighted by molar-refractivity contribution is 14.0. The molecular formula is C20H35IN4OS. The van der Waals surface area contributed by atoms with Crippen LogP contribution in [-0.2, 0) is 6.54 Å². The summed E-state index contributed by atoms with van der Waals surface area (Å²) < 4.78 is 0. The Hall–Kier alpha value is -0.510. The van der Waals surface area contributed by atoms with Crippen LogP contribution in [0.15, 0.2) is 28.1 Å². The van der Waals surface area contributed by atoms with Crippen molar-refractivity contribution in [3.05, 3.63) is 29.3 Å². The van der Waals surface area contributed by atoms with E-state index in [0.717, 1.165) is 57.9 Å². The fourth-order valence-corrected chi connectivity index (χ4v) is 3.84. The third-order valence-electron chi connectivity index (χ3n) is 4.69. The summed E-state index contributed by atoms with van der Waals surface area (Å²) in [6, 6.07) is 6.56. The maximum absolute atomic E-state index is 9.57. The molecule has 0 atom stereocenters. The largest absolute Gasteiger partial charge is 0.393 e. The van der Waals surface area contributed by atoms with Crippen LogP contribution in [-0.4, -0.2) is 61.0 Å². The number of aliphatic hydroxyl groups excluding tert-OH is 1. The van der Waals surface area contributed by atoms with Crippen molar-refractivity contribution < 1.29 is 5.11 Å². The average molecular weight is 506 g/mol. The number of halogens is 1. The van der Waals surface area contributed by atoms with E-state index in [4.69, 9.17) is 4.99 Å². The van der Waals surface area contributed by atoms with Crippen molar-refractivity contribution in [3.8, 4) is 0 Å². The van der Waals surface area contributed by atoms with E-state index in [1.54, 1.807) is 11.8 Å². The molecule has 1 aliphatic rings. The molecule has 2 rings (SSSR count). The summed E-state index contributed by atoms with van der Waals surface area (Å²) in [5, 5.41) is 16.3. The maximum Gasteiger partial charge on any atom is 0.191 e. The van der Waals surface area contributed by atoms with Crippen LogP contribution in [0.25, 0.3) is 0 Å². The van der Waals surface area contributed by atoms with Crippen LogP contribution in [0.2, 0.25) is 0 Å². The van der Waals surface area contributed by atoms with E-state index in [2.05, 4.69) is 53.8 Å². The van der Waals surface area contributed by atoms with Gasteiger partial charge in [0, 0.05) is 31.1 Å². The standard InChI is InChI=1S/C20H34N4OS.HI/c1-4-21-20(22-10-5-11-24-12-8-18(25)9-13-24)23-15-17-7-6-16(2)14-19(17)26-3;/h6-7,14,18,25H,4-5,8-13,15H2,1-3H3,(H2,21,22,23);1H. The van der Waals surface area contributed by atoms with Gasteiger partial charge in [-0.05, 0) is 63.1 Å². The molecule has 1 saturated heterocycles. The molecule has 1 fully saturated rings. The molecule has 0 spiro atoms. The highest BCUT2D eigenvalue weighted by Crippen LogP contribution is 2.22. The van der Waals surface area contributed by atoms with Gasteiger partial charge in [0.2, 0.25) is 0 Å². The molecular weight excluding hydrogens is 471 g/mol. The van der Waals surface area contributed by atoms with Gasteiger partial charge in [0.05, 0.1) is 12.6 Å². The van der Waals surface area contributed by atoms with E-state index in [9.17, 15) is 5.11 Å². The number of guanidine groups is 1. The molecule has 3 N–H and O–H groups in total. The third-order valence-corrected chi connectivity index (χ3v) is 5.51. The first-order chi connectivity index (χ1) is 12.6. The molecule has 0 unspecified atom stereocenters. The van der Waals surface area contributed by atoms with E-state index in [1.807, 2.05) is 0 Å². The number of likely N-dealkylation sites (tertiary alicyclic amines) is 1. The van der Waals surface area contributed by atoms with Crippen molar-refractivity contribution in [2.75, 3.05) is 39.0 Å². The zero-order chi connectivity index (χ0) is 18.8. The molecule has 27 heavy (non-hydrogen) atoms. The fourth-order valence-electron chi connectivity index (χ4n) is 3.14. The number of nitrogens with zero attached hydrogens (tertiary/aromatic N) is 2. The van der Waals surface area contributed by atoms with Gasteiger partial charge in [-0.2, -0.15) is 0 Å². The van der Waals surface area contributed by atoms with Gasteiger partial charge in [0.1, 0.15) is 0 Å². The lowest BCUT2D eigenvalue weighted by molar-refractivity contribution is 0.0823. The molecule has 0 saturated carbocycles. The van der Waals surface area contributed by atoms with E-state index in [0.29, 0.717) is 6.54 Å². The lowest BCUT2D eigenvalue weighted by Gasteiger charge is -2.29. The molecule has 1 heterocycles. The lowest BCUT2D eigenvalue weighted by Crippen LogP contribution is -2.40. The number of piperidine rings is 1. The molecule has 5 nitrogen and oxygen atoms in total. The van der Waals surface area contributed by atoms with Crippen LogP contribution in [0.3, 0.4) is 0 Å². The van der Waals surface area contributed by atoms with Gasteiger partial charge in [-0.25, -0.2) is 4.99 Å². The topological polar surface area (TPSA) is 59.9 Å². The Labute approximate surface area is 185 Å². The molecule has 1 aliphatic heterocycles. The summed E-state index contributed by atoms with van der Waals surface area (Å²) in [5.41, 5.74) is 2.56. The Balaban J connectivity index is 0.00000364. The third kappa shape index (κ3) is 9.02. The molecule has 0 aliphatic carbocycles. The second-order valence-corrected chi connectivity index (χ2v) is 7.71. The first-order valence-electron chi connectivity index (χ1n) is 9.68. The first-order valence-corrected chi connectivity index (χ1v) is 10.9. The zero-order valence-corrected chi connectivity index (χ0v) is 20.0. The van der Waals surface area contributed by atoms with Gasteiger partial charge in [0.15, 0.2) is 5.96 Å². The Morgan fingerprint density at radius 1 is 1.30 bits per heavy atom. The lowest BCUT2D eigenvalue weighted by atomic mass is 10.1. The smallest absolute Gasteiger partial charge is 0.191 e. The summed E-state index contributed by atoms with van der Waals surface area (Å²) >= 11 is 1.78. The first kappa shape index (κ1) is 24.5. The molecule has 0 radical (unpaired) electrons. The average Bonchev–Trinajstić information content (AvgIpc) is 2.65. The van der Waals surface area contributed by atoms with Crippen molar-refractivity contribution in [2.24, 2.45) is 4.99 Å². The highest BCUT2D eigenvalue weighted by Gasteiger charge is 2.16. The Morgan fingerprint density at radius 3 is 2.70 bits per heavy atom. The highest BCUT2D eigenvalue weighted by atomic mass is 127. The van der Waals surface area contributed by atoms with Crippen LogP contribution in [0.1, 0.15) is 37.3 Å². The number of aliphatic hydroxyl groups is 1. The van der Waals surface area contributed by atoms with Gasteiger partial charge in [-0.1, -0.05) is 12.1 Å². The number of hydrogen-bond donors (Lipinski definition) is 3. The molecule has 7 heteroatoms. The number of rotatable bonds is 8. The quantitative estimate of drug-likeness (QED) is 0.166. The van der Waals surface area contributed by atoms with Gasteiger partial charge < -0.3 is 20.6 Å². The van der Waals surface area contributed by atoms with Gasteiger partial charge in [0.25, 0.3) is 0 Å².